The first-order valence-corrected chi connectivity index (χ1v) is 5.75. The van der Waals surface area contributed by atoms with Crippen LogP contribution < -0.4 is 5.32 Å². The summed E-state index contributed by atoms with van der Waals surface area (Å²) in [4.78, 5) is 22.8. The minimum atomic E-state index is -0.145. The van der Waals surface area contributed by atoms with Crippen molar-refractivity contribution in [1.82, 2.24) is 9.97 Å². The van der Waals surface area contributed by atoms with E-state index in [1.165, 1.54) is 0 Å². The molecule has 2 heterocycles. The van der Waals surface area contributed by atoms with E-state index in [1.54, 1.807) is 30.7 Å². The first kappa shape index (κ1) is 11.0. The minimum Gasteiger partial charge on any atom is -0.343 e. The van der Waals surface area contributed by atoms with Crippen molar-refractivity contribution < 1.29 is 4.79 Å². The second-order valence-electron chi connectivity index (χ2n) is 3.87. The lowest BCUT2D eigenvalue weighted by Crippen LogP contribution is -2.13. The zero-order valence-corrected chi connectivity index (χ0v) is 10.0. The van der Waals surface area contributed by atoms with Crippen molar-refractivity contribution in [3.63, 3.8) is 0 Å². The van der Waals surface area contributed by atoms with E-state index in [4.69, 9.17) is 11.6 Å². The summed E-state index contributed by atoms with van der Waals surface area (Å²) in [5, 5.41) is 3.39. The summed E-state index contributed by atoms with van der Waals surface area (Å²) >= 11 is 6.00. The lowest BCUT2D eigenvalue weighted by Gasteiger charge is -2.08. The Morgan fingerprint density at radius 2 is 2.22 bits per heavy atom. The van der Waals surface area contributed by atoms with Crippen LogP contribution in [-0.2, 0) is 4.79 Å². The molecule has 0 saturated carbocycles. The van der Waals surface area contributed by atoms with Crippen molar-refractivity contribution in [1.29, 1.82) is 0 Å². The summed E-state index contributed by atoms with van der Waals surface area (Å²) < 4.78 is 0. The Bertz CT molecular complexity index is 634. The van der Waals surface area contributed by atoms with Crippen molar-refractivity contribution in [2.24, 2.45) is 4.99 Å². The Hall–Kier alpha value is -2.14. The number of amides is 1. The Labute approximate surface area is 108 Å². The van der Waals surface area contributed by atoms with E-state index in [0.29, 0.717) is 16.4 Å². The van der Waals surface area contributed by atoms with E-state index in [1.807, 2.05) is 0 Å². The number of hydrogen-bond donors (Lipinski definition) is 2. The summed E-state index contributed by atoms with van der Waals surface area (Å²) in [5.41, 5.74) is 2.94. The fourth-order valence-corrected chi connectivity index (χ4v) is 2.03. The van der Waals surface area contributed by atoms with Crippen molar-refractivity contribution in [2.45, 2.75) is 0 Å². The van der Waals surface area contributed by atoms with Crippen LogP contribution in [0.15, 0.2) is 35.7 Å². The third-order valence-electron chi connectivity index (χ3n) is 2.64. The maximum atomic E-state index is 11.6. The predicted octanol–water partition coefficient (Wildman–Crippen LogP) is 1.85. The second-order valence-corrected chi connectivity index (χ2v) is 4.30. The largest absolute Gasteiger partial charge is 0.343 e. The molecule has 1 aromatic heterocycles. The van der Waals surface area contributed by atoms with Crippen LogP contribution in [0.3, 0.4) is 0 Å². The summed E-state index contributed by atoms with van der Waals surface area (Å²) in [6.07, 6.45) is 3.24. The molecule has 1 aromatic carbocycles. The molecule has 0 unspecified atom stereocenters. The highest BCUT2D eigenvalue weighted by atomic mass is 35.5. The molecule has 1 aliphatic rings. The van der Waals surface area contributed by atoms with E-state index in [-0.39, 0.29) is 12.5 Å². The first-order chi connectivity index (χ1) is 8.74. The number of benzodiazepines with no additional fused rings is 1. The quantitative estimate of drug-likeness (QED) is 0.822. The van der Waals surface area contributed by atoms with Crippen molar-refractivity contribution in [3.05, 3.63) is 47.0 Å². The van der Waals surface area contributed by atoms with Gasteiger partial charge < -0.3 is 10.3 Å². The number of nitrogens with zero attached hydrogens (tertiary/aromatic N) is 2. The monoisotopic (exact) mass is 260 g/mol. The van der Waals surface area contributed by atoms with Crippen LogP contribution in [-0.4, -0.2) is 28.1 Å². The minimum absolute atomic E-state index is 0.0840. The molecule has 2 aromatic rings. The molecule has 0 saturated heterocycles. The van der Waals surface area contributed by atoms with Gasteiger partial charge in [-0.15, -0.1) is 0 Å². The number of hydrogen-bond acceptors (Lipinski definition) is 3. The molecule has 18 heavy (non-hydrogen) atoms. The molecule has 6 heteroatoms. The highest BCUT2D eigenvalue weighted by molar-refractivity contribution is 6.31. The molecule has 0 fully saturated rings. The summed E-state index contributed by atoms with van der Waals surface area (Å²) in [6, 6.07) is 5.28. The number of carbonyl (C=O) groups is 1. The Morgan fingerprint density at radius 1 is 1.33 bits per heavy atom. The van der Waals surface area contributed by atoms with Crippen LogP contribution in [0.25, 0.3) is 0 Å². The Morgan fingerprint density at radius 3 is 3.00 bits per heavy atom. The van der Waals surface area contributed by atoms with Gasteiger partial charge >= 0.3 is 0 Å². The van der Waals surface area contributed by atoms with Gasteiger partial charge in [-0.2, -0.15) is 0 Å². The molecule has 0 bridgehead atoms. The summed E-state index contributed by atoms with van der Waals surface area (Å²) in [5.74, 6) is -0.145. The average molecular weight is 261 g/mol. The molecule has 2 N–H and O–H groups in total. The van der Waals surface area contributed by atoms with Gasteiger partial charge in [-0.05, 0) is 18.2 Å². The molecule has 1 aliphatic heterocycles. The van der Waals surface area contributed by atoms with Gasteiger partial charge in [0, 0.05) is 10.6 Å². The number of rotatable bonds is 1. The highest BCUT2D eigenvalue weighted by Crippen LogP contribution is 2.25. The van der Waals surface area contributed by atoms with Crippen molar-refractivity contribution >= 4 is 28.9 Å². The number of benzene rings is 1. The number of aromatic amines is 1. The fraction of sp³-hybridized carbons (Fsp3) is 0.0833. The van der Waals surface area contributed by atoms with Crippen LogP contribution in [0, 0.1) is 0 Å². The fourth-order valence-electron chi connectivity index (χ4n) is 1.86. The Kier molecular flexibility index (Phi) is 2.60. The van der Waals surface area contributed by atoms with Gasteiger partial charge in [0.05, 0.1) is 29.6 Å². The molecule has 0 aliphatic carbocycles. The number of imidazole rings is 1. The maximum absolute atomic E-state index is 11.6. The van der Waals surface area contributed by atoms with Crippen molar-refractivity contribution in [2.75, 3.05) is 11.9 Å². The third kappa shape index (κ3) is 1.89. The topological polar surface area (TPSA) is 70.1 Å². The number of nitrogens with one attached hydrogen (secondary N) is 2. The van der Waals surface area contributed by atoms with E-state index in [2.05, 4.69) is 20.3 Å². The standard InChI is InChI=1S/C12H9ClN4O/c13-7-1-2-9-8(3-7)12(10-4-14-6-16-10)15-5-11(18)17-9/h1-4,6H,5H2,(H,14,16)(H,17,18). The number of aromatic nitrogens is 2. The van der Waals surface area contributed by atoms with Crippen LogP contribution in [0.4, 0.5) is 5.69 Å². The van der Waals surface area contributed by atoms with Crippen LogP contribution in [0.2, 0.25) is 5.02 Å². The van der Waals surface area contributed by atoms with E-state index in [0.717, 1.165) is 11.3 Å². The highest BCUT2D eigenvalue weighted by Gasteiger charge is 2.18. The van der Waals surface area contributed by atoms with Gasteiger partial charge in [0.15, 0.2) is 0 Å². The molecule has 90 valence electrons. The third-order valence-corrected chi connectivity index (χ3v) is 2.88. The van der Waals surface area contributed by atoms with Crippen LogP contribution in [0.1, 0.15) is 11.3 Å². The van der Waals surface area contributed by atoms with Gasteiger partial charge in [-0.25, -0.2) is 4.98 Å². The first-order valence-electron chi connectivity index (χ1n) is 5.37. The predicted molar refractivity (Wildman–Crippen MR) is 69.2 cm³/mol. The van der Waals surface area contributed by atoms with Gasteiger partial charge in [0.1, 0.15) is 6.54 Å². The molecule has 3 rings (SSSR count). The number of H-pyrrole nitrogens is 1. The van der Waals surface area contributed by atoms with Gasteiger partial charge in [-0.3, -0.25) is 9.79 Å². The molecular formula is C12H9ClN4O. The molecular weight excluding hydrogens is 252 g/mol. The number of aliphatic imine (C=N–C) groups is 1. The lowest BCUT2D eigenvalue weighted by molar-refractivity contribution is -0.114. The zero-order chi connectivity index (χ0) is 12.5. The average Bonchev–Trinajstić information content (AvgIpc) is 2.81. The van der Waals surface area contributed by atoms with E-state index < -0.39 is 0 Å². The zero-order valence-electron chi connectivity index (χ0n) is 9.27. The molecule has 1 amide bonds. The smallest absolute Gasteiger partial charge is 0.246 e. The van der Waals surface area contributed by atoms with Crippen molar-refractivity contribution in [3.8, 4) is 0 Å². The molecule has 0 radical (unpaired) electrons. The molecule has 0 atom stereocenters. The van der Waals surface area contributed by atoms with E-state index in [9.17, 15) is 4.79 Å². The number of halogens is 1. The SMILES string of the molecule is O=C1CN=C(c2cnc[nH]2)c2cc(Cl)ccc2N1. The van der Waals surface area contributed by atoms with Crippen LogP contribution in [0.5, 0.6) is 0 Å². The number of anilines is 1. The summed E-state index contributed by atoms with van der Waals surface area (Å²) in [7, 11) is 0. The van der Waals surface area contributed by atoms with Crippen LogP contribution >= 0.6 is 11.6 Å². The maximum Gasteiger partial charge on any atom is 0.246 e. The van der Waals surface area contributed by atoms with E-state index >= 15 is 0 Å². The summed E-state index contributed by atoms with van der Waals surface area (Å²) in [6.45, 7) is 0.0840. The number of carbonyl (C=O) groups excluding carboxylic acids is 1. The molecule has 5 nitrogen and oxygen atoms in total. The number of fused-ring (bicyclic) bond motifs is 1. The van der Waals surface area contributed by atoms with Gasteiger partial charge in [-0.1, -0.05) is 11.6 Å². The molecule has 0 spiro atoms. The normalized spacial score (nSPS) is 14.5. The second kappa shape index (κ2) is 4.27. The van der Waals surface area contributed by atoms with Gasteiger partial charge in [0.2, 0.25) is 5.91 Å². The van der Waals surface area contributed by atoms with Gasteiger partial charge in [0.25, 0.3) is 0 Å². The Balaban J connectivity index is 2.20. The lowest BCUT2D eigenvalue weighted by atomic mass is 10.1.